The molecule has 9 heteroatoms. The molecule has 0 unspecified atom stereocenters. The van der Waals surface area contributed by atoms with E-state index < -0.39 is 0 Å². The molecule has 2 aromatic carbocycles. The summed E-state index contributed by atoms with van der Waals surface area (Å²) in [4.78, 5) is 31.3. The van der Waals surface area contributed by atoms with E-state index in [4.69, 9.17) is 11.6 Å². The predicted octanol–water partition coefficient (Wildman–Crippen LogP) is 5.69. The Morgan fingerprint density at radius 2 is 1.97 bits per heavy atom. The molecule has 2 heterocycles. The number of benzene rings is 2. The van der Waals surface area contributed by atoms with Crippen molar-refractivity contribution in [3.8, 4) is 0 Å². The maximum absolute atomic E-state index is 12.7. The molecule has 0 bridgehead atoms. The topological polar surface area (TPSA) is 76.4 Å². The fourth-order valence-corrected chi connectivity index (χ4v) is 5.16. The third-order valence-electron chi connectivity index (χ3n) is 4.71. The zero-order chi connectivity index (χ0) is 22.5. The maximum atomic E-state index is 12.7. The van der Waals surface area contributed by atoms with Crippen LogP contribution in [0.5, 0.6) is 0 Å². The average molecular weight is 485 g/mol. The Morgan fingerprint density at radius 3 is 2.78 bits per heavy atom. The van der Waals surface area contributed by atoms with E-state index in [1.165, 1.54) is 33.7 Å². The van der Waals surface area contributed by atoms with E-state index >= 15 is 0 Å². The van der Waals surface area contributed by atoms with Gasteiger partial charge >= 0.3 is 0 Å². The van der Waals surface area contributed by atoms with Gasteiger partial charge in [-0.25, -0.2) is 4.98 Å². The minimum absolute atomic E-state index is 0.176. The second kappa shape index (κ2) is 10.3. The number of amides is 1. The number of anilines is 1. The van der Waals surface area contributed by atoms with E-state index in [0.29, 0.717) is 32.7 Å². The summed E-state index contributed by atoms with van der Waals surface area (Å²) in [5.74, 6) is 0.220. The number of thioether (sulfide) groups is 1. The molecular formula is C23H21ClN4O2S2. The Morgan fingerprint density at radius 1 is 1.19 bits per heavy atom. The quantitative estimate of drug-likeness (QED) is 0.325. The smallest absolute Gasteiger partial charge is 0.275 e. The van der Waals surface area contributed by atoms with Gasteiger partial charge in [-0.3, -0.25) is 9.59 Å². The lowest BCUT2D eigenvalue weighted by Crippen LogP contribution is -2.15. The fourth-order valence-electron chi connectivity index (χ4n) is 3.08. The number of nitrogens with zero attached hydrogens (tertiary/aromatic N) is 3. The van der Waals surface area contributed by atoms with Crippen LogP contribution < -0.4 is 10.9 Å². The Balaban J connectivity index is 1.51. The fraction of sp³-hybridized carbons (Fsp3) is 0.217. The SMILES string of the molecule is CCCCc1nn2c(=O)cc(CSc3ccccc3NC(=O)c3ccccc3Cl)nc2s1. The number of para-hydroxylation sites is 1. The molecule has 0 aliphatic carbocycles. The molecule has 1 N–H and O–H groups in total. The lowest BCUT2D eigenvalue weighted by molar-refractivity contribution is 0.102. The molecule has 2 aromatic heterocycles. The van der Waals surface area contributed by atoms with Crippen LogP contribution >= 0.6 is 34.7 Å². The van der Waals surface area contributed by atoms with Crippen LogP contribution in [0.15, 0.2) is 64.3 Å². The number of hydrogen-bond donors (Lipinski definition) is 1. The highest BCUT2D eigenvalue weighted by molar-refractivity contribution is 7.98. The molecule has 6 nitrogen and oxygen atoms in total. The van der Waals surface area contributed by atoms with Gasteiger partial charge in [0.25, 0.3) is 11.5 Å². The van der Waals surface area contributed by atoms with Crippen molar-refractivity contribution in [2.75, 3.05) is 5.32 Å². The molecule has 164 valence electrons. The van der Waals surface area contributed by atoms with Crippen molar-refractivity contribution in [1.29, 1.82) is 0 Å². The van der Waals surface area contributed by atoms with Crippen LogP contribution in [-0.2, 0) is 12.2 Å². The maximum Gasteiger partial charge on any atom is 0.275 e. The summed E-state index contributed by atoms with van der Waals surface area (Å²) in [7, 11) is 0. The molecule has 0 saturated carbocycles. The van der Waals surface area contributed by atoms with Crippen LogP contribution in [0, 0.1) is 0 Å². The van der Waals surface area contributed by atoms with Gasteiger partial charge in [-0.05, 0) is 30.7 Å². The molecule has 0 radical (unpaired) electrons. The molecular weight excluding hydrogens is 464 g/mol. The molecule has 1 amide bonds. The van der Waals surface area contributed by atoms with Crippen molar-refractivity contribution in [3.63, 3.8) is 0 Å². The van der Waals surface area contributed by atoms with Gasteiger partial charge in [-0.15, -0.1) is 11.8 Å². The van der Waals surface area contributed by atoms with Crippen molar-refractivity contribution in [3.05, 3.63) is 86.2 Å². The zero-order valence-electron chi connectivity index (χ0n) is 17.4. The van der Waals surface area contributed by atoms with Gasteiger partial charge in [-0.1, -0.05) is 60.5 Å². The second-order valence-electron chi connectivity index (χ2n) is 7.10. The van der Waals surface area contributed by atoms with Gasteiger partial charge in [0.05, 0.1) is 22.0 Å². The number of carbonyl (C=O) groups is 1. The highest BCUT2D eigenvalue weighted by Crippen LogP contribution is 2.30. The van der Waals surface area contributed by atoms with E-state index in [9.17, 15) is 9.59 Å². The number of carbonyl (C=O) groups excluding carboxylic acids is 1. The van der Waals surface area contributed by atoms with E-state index in [0.717, 1.165) is 29.2 Å². The Labute approximate surface area is 198 Å². The molecule has 4 aromatic rings. The second-order valence-corrected chi connectivity index (χ2v) is 9.56. The third kappa shape index (κ3) is 5.20. The molecule has 32 heavy (non-hydrogen) atoms. The molecule has 0 atom stereocenters. The number of hydrogen-bond acceptors (Lipinski definition) is 6. The lowest BCUT2D eigenvalue weighted by atomic mass is 10.2. The first-order valence-corrected chi connectivity index (χ1v) is 12.4. The summed E-state index contributed by atoms with van der Waals surface area (Å²) in [5, 5.41) is 8.64. The summed E-state index contributed by atoms with van der Waals surface area (Å²) in [6.07, 6.45) is 2.97. The van der Waals surface area contributed by atoms with Gasteiger partial charge in [0.15, 0.2) is 0 Å². The van der Waals surface area contributed by atoms with Crippen LogP contribution in [-0.4, -0.2) is 20.5 Å². The van der Waals surface area contributed by atoms with Crippen LogP contribution in [0.4, 0.5) is 5.69 Å². The molecule has 0 aliphatic heterocycles. The Bertz CT molecular complexity index is 1320. The minimum atomic E-state index is -0.272. The summed E-state index contributed by atoms with van der Waals surface area (Å²) < 4.78 is 1.38. The third-order valence-corrected chi connectivity index (χ3v) is 7.12. The van der Waals surface area contributed by atoms with Gasteiger partial charge in [0.1, 0.15) is 5.01 Å². The number of aromatic nitrogens is 3. The van der Waals surface area contributed by atoms with E-state index in [2.05, 4.69) is 22.3 Å². The van der Waals surface area contributed by atoms with Gasteiger partial charge in [0.2, 0.25) is 4.96 Å². The van der Waals surface area contributed by atoms with Crippen molar-refractivity contribution >= 4 is 51.3 Å². The molecule has 0 aliphatic rings. The molecule has 4 rings (SSSR count). The first-order valence-electron chi connectivity index (χ1n) is 10.2. The van der Waals surface area contributed by atoms with Crippen LogP contribution in [0.1, 0.15) is 40.8 Å². The van der Waals surface area contributed by atoms with Gasteiger partial charge in [0, 0.05) is 23.1 Å². The standard InChI is InChI=1S/C23H21ClN4O2S2/c1-2-3-12-20-27-28-21(29)13-15(25-23(28)32-20)14-31-19-11-7-6-10-18(19)26-22(30)16-8-4-5-9-17(16)24/h4-11,13H,2-3,12,14H2,1H3,(H,26,30). The molecule has 0 fully saturated rings. The van der Waals surface area contributed by atoms with E-state index in [1.54, 1.807) is 24.3 Å². The number of nitrogens with one attached hydrogen (secondary N) is 1. The number of halogens is 1. The van der Waals surface area contributed by atoms with E-state index in [1.807, 2.05) is 24.3 Å². The van der Waals surface area contributed by atoms with Crippen molar-refractivity contribution in [2.24, 2.45) is 0 Å². The van der Waals surface area contributed by atoms with Crippen LogP contribution in [0.25, 0.3) is 4.96 Å². The van der Waals surface area contributed by atoms with Gasteiger partial charge in [-0.2, -0.15) is 9.61 Å². The van der Waals surface area contributed by atoms with Crippen molar-refractivity contribution in [1.82, 2.24) is 14.6 Å². The number of unbranched alkanes of at least 4 members (excludes halogenated alkanes) is 1. The van der Waals surface area contributed by atoms with Crippen LogP contribution in [0.3, 0.4) is 0 Å². The van der Waals surface area contributed by atoms with E-state index in [-0.39, 0.29) is 11.5 Å². The average Bonchev–Trinajstić information content (AvgIpc) is 3.21. The highest BCUT2D eigenvalue weighted by atomic mass is 35.5. The summed E-state index contributed by atoms with van der Waals surface area (Å²) in [6, 6.07) is 16.0. The number of rotatable bonds is 8. The zero-order valence-corrected chi connectivity index (χ0v) is 19.8. The largest absolute Gasteiger partial charge is 0.321 e. The van der Waals surface area contributed by atoms with Crippen molar-refractivity contribution < 1.29 is 4.79 Å². The normalized spacial score (nSPS) is 11.1. The first-order chi connectivity index (χ1) is 15.5. The predicted molar refractivity (Wildman–Crippen MR) is 131 cm³/mol. The lowest BCUT2D eigenvalue weighted by Gasteiger charge is -2.11. The van der Waals surface area contributed by atoms with Gasteiger partial charge < -0.3 is 5.32 Å². The summed E-state index contributed by atoms with van der Waals surface area (Å²) in [5.41, 5.74) is 1.60. The van der Waals surface area contributed by atoms with Crippen LogP contribution in [0.2, 0.25) is 5.02 Å². The monoisotopic (exact) mass is 484 g/mol. The first kappa shape index (κ1) is 22.5. The minimum Gasteiger partial charge on any atom is -0.321 e. The Hall–Kier alpha value is -2.68. The Kier molecular flexibility index (Phi) is 7.24. The van der Waals surface area contributed by atoms with Crippen molar-refractivity contribution in [2.45, 2.75) is 36.8 Å². The number of fused-ring (bicyclic) bond motifs is 1. The summed E-state index contributed by atoms with van der Waals surface area (Å²) >= 11 is 9.11. The number of aryl methyl sites for hydroxylation is 1. The molecule has 0 spiro atoms. The highest BCUT2D eigenvalue weighted by Gasteiger charge is 2.13. The molecule has 0 saturated heterocycles. The summed E-state index contributed by atoms with van der Waals surface area (Å²) in [6.45, 7) is 2.13.